The van der Waals surface area contributed by atoms with Gasteiger partial charge in [-0.3, -0.25) is 0 Å². The highest BCUT2D eigenvalue weighted by molar-refractivity contribution is 14.1. The largest absolute Gasteiger partial charge is 0.324 e. The van der Waals surface area contributed by atoms with Gasteiger partial charge in [0.15, 0.2) is 0 Å². The summed E-state index contributed by atoms with van der Waals surface area (Å²) in [7, 11) is 0. The highest BCUT2D eigenvalue weighted by Crippen LogP contribution is 2.20. The fourth-order valence-electron chi connectivity index (χ4n) is 1.48. The minimum atomic E-state index is 0.523. The first-order chi connectivity index (χ1) is 8.15. The molecule has 0 spiro atoms. The average Bonchev–Trinajstić information content (AvgIpc) is 2.32. The molecule has 0 aliphatic carbocycles. The van der Waals surface area contributed by atoms with E-state index in [1.807, 2.05) is 12.1 Å². The molecule has 0 atom stereocenters. The molecule has 3 nitrogen and oxygen atoms in total. The molecule has 0 aliphatic heterocycles. The molecule has 0 fully saturated rings. The van der Waals surface area contributed by atoms with Crippen molar-refractivity contribution in [3.63, 3.8) is 0 Å². The Kier molecular flexibility index (Phi) is 3.93. The fraction of sp³-hybridized carbons (Fsp3) is 0.231. The minimum absolute atomic E-state index is 0.523. The summed E-state index contributed by atoms with van der Waals surface area (Å²) in [5, 5.41) is 3.20. The predicted octanol–water partition coefficient (Wildman–Crippen LogP) is 3.95. The molecule has 0 bridgehead atoms. The van der Waals surface area contributed by atoms with Crippen LogP contribution in [-0.4, -0.2) is 9.97 Å². The molecule has 17 heavy (non-hydrogen) atoms. The van der Waals surface area contributed by atoms with Gasteiger partial charge >= 0.3 is 0 Å². The Hall–Kier alpha value is -1.17. The molecule has 1 heterocycles. The Labute approximate surface area is 115 Å². The Bertz CT molecular complexity index is 494. The van der Waals surface area contributed by atoms with Crippen molar-refractivity contribution >= 4 is 34.2 Å². The summed E-state index contributed by atoms with van der Waals surface area (Å²) >= 11 is 2.19. The summed E-state index contributed by atoms with van der Waals surface area (Å²) in [5.41, 5.74) is 2.33. The molecule has 0 radical (unpaired) electrons. The number of aromatic nitrogens is 2. The second-order valence-electron chi connectivity index (χ2n) is 4.13. The number of benzene rings is 1. The molecule has 2 aromatic rings. The summed E-state index contributed by atoms with van der Waals surface area (Å²) in [6, 6.07) is 8.33. The summed E-state index contributed by atoms with van der Waals surface area (Å²) in [4.78, 5) is 8.44. The first kappa shape index (κ1) is 12.3. The lowest BCUT2D eigenvalue weighted by Gasteiger charge is -2.09. The fourth-order valence-corrected chi connectivity index (χ4v) is 1.76. The highest BCUT2D eigenvalue weighted by atomic mass is 127. The second kappa shape index (κ2) is 5.44. The first-order valence-corrected chi connectivity index (χ1v) is 6.57. The van der Waals surface area contributed by atoms with Gasteiger partial charge in [-0.25, -0.2) is 9.97 Å². The van der Waals surface area contributed by atoms with Crippen LogP contribution in [0.4, 0.5) is 11.6 Å². The van der Waals surface area contributed by atoms with Crippen LogP contribution < -0.4 is 5.32 Å². The van der Waals surface area contributed by atoms with Gasteiger partial charge < -0.3 is 5.32 Å². The van der Waals surface area contributed by atoms with Gasteiger partial charge in [0.25, 0.3) is 0 Å². The van der Waals surface area contributed by atoms with Crippen LogP contribution in [-0.2, 0) is 0 Å². The number of hydrogen-bond acceptors (Lipinski definition) is 3. The first-order valence-electron chi connectivity index (χ1n) is 5.49. The topological polar surface area (TPSA) is 37.8 Å². The molecule has 0 saturated heterocycles. The van der Waals surface area contributed by atoms with Crippen LogP contribution in [0.5, 0.6) is 0 Å². The lowest BCUT2D eigenvalue weighted by molar-refractivity contribution is 0.867. The molecule has 4 heteroatoms. The van der Waals surface area contributed by atoms with Gasteiger partial charge in [-0.1, -0.05) is 26.0 Å². The van der Waals surface area contributed by atoms with E-state index in [0.29, 0.717) is 11.9 Å². The highest BCUT2D eigenvalue weighted by Gasteiger charge is 2.01. The van der Waals surface area contributed by atoms with Crippen LogP contribution >= 0.6 is 22.6 Å². The van der Waals surface area contributed by atoms with Gasteiger partial charge in [0, 0.05) is 21.7 Å². The second-order valence-corrected chi connectivity index (χ2v) is 5.38. The van der Waals surface area contributed by atoms with E-state index in [4.69, 9.17) is 0 Å². The maximum atomic E-state index is 4.22. The van der Waals surface area contributed by atoms with E-state index in [0.717, 1.165) is 9.26 Å². The molecule has 2 rings (SSSR count). The van der Waals surface area contributed by atoms with Crippen LogP contribution in [0.1, 0.15) is 25.3 Å². The van der Waals surface area contributed by atoms with Gasteiger partial charge in [0.2, 0.25) is 5.95 Å². The molecule has 1 aromatic heterocycles. The number of hydrogen-bond donors (Lipinski definition) is 1. The third kappa shape index (κ3) is 3.39. The summed E-state index contributed by atoms with van der Waals surface area (Å²) < 4.78 is 1.03. The number of nitrogens with one attached hydrogen (secondary N) is 1. The standard InChI is InChI=1S/C13H14IN3/c1-9(2)10-4-3-5-12(6-10)17-13-15-7-11(14)8-16-13/h3-9H,1-2H3,(H,15,16,17). The Morgan fingerprint density at radius 3 is 2.53 bits per heavy atom. The van der Waals surface area contributed by atoms with Crippen molar-refractivity contribution in [1.29, 1.82) is 0 Å². The monoisotopic (exact) mass is 339 g/mol. The van der Waals surface area contributed by atoms with Crippen molar-refractivity contribution in [1.82, 2.24) is 9.97 Å². The lowest BCUT2D eigenvalue weighted by atomic mass is 10.0. The number of anilines is 2. The van der Waals surface area contributed by atoms with Crippen molar-refractivity contribution in [2.75, 3.05) is 5.32 Å². The zero-order valence-electron chi connectivity index (χ0n) is 9.81. The summed E-state index contributed by atoms with van der Waals surface area (Å²) in [6.07, 6.45) is 3.59. The normalized spacial score (nSPS) is 10.6. The third-order valence-electron chi connectivity index (χ3n) is 2.43. The molecular weight excluding hydrogens is 325 g/mol. The molecule has 0 aliphatic rings. The van der Waals surface area contributed by atoms with E-state index in [9.17, 15) is 0 Å². The van der Waals surface area contributed by atoms with Crippen LogP contribution in [0.25, 0.3) is 0 Å². The smallest absolute Gasteiger partial charge is 0.227 e. The average molecular weight is 339 g/mol. The van der Waals surface area contributed by atoms with Crippen molar-refractivity contribution in [2.45, 2.75) is 19.8 Å². The van der Waals surface area contributed by atoms with E-state index < -0.39 is 0 Å². The number of nitrogens with zero attached hydrogens (tertiary/aromatic N) is 2. The third-order valence-corrected chi connectivity index (χ3v) is 2.99. The van der Waals surface area contributed by atoms with Crippen molar-refractivity contribution in [2.24, 2.45) is 0 Å². The van der Waals surface area contributed by atoms with Crippen LogP contribution in [0.2, 0.25) is 0 Å². The van der Waals surface area contributed by atoms with E-state index in [2.05, 4.69) is 63.9 Å². The Morgan fingerprint density at radius 2 is 1.88 bits per heavy atom. The molecule has 88 valence electrons. The van der Waals surface area contributed by atoms with Crippen LogP contribution in [0, 0.1) is 3.57 Å². The van der Waals surface area contributed by atoms with Crippen molar-refractivity contribution < 1.29 is 0 Å². The SMILES string of the molecule is CC(C)c1cccc(Nc2ncc(I)cn2)c1. The molecule has 0 saturated carbocycles. The van der Waals surface area contributed by atoms with E-state index >= 15 is 0 Å². The van der Waals surface area contributed by atoms with Gasteiger partial charge in [0.05, 0.1) is 0 Å². The number of halogens is 1. The quantitative estimate of drug-likeness (QED) is 0.861. The van der Waals surface area contributed by atoms with Gasteiger partial charge in [-0.05, 0) is 46.2 Å². The van der Waals surface area contributed by atoms with Gasteiger partial charge in [-0.15, -0.1) is 0 Å². The molecule has 1 aromatic carbocycles. The summed E-state index contributed by atoms with van der Waals surface area (Å²) in [5.74, 6) is 1.15. The van der Waals surface area contributed by atoms with Crippen molar-refractivity contribution in [3.05, 3.63) is 45.8 Å². The Morgan fingerprint density at radius 1 is 1.18 bits per heavy atom. The van der Waals surface area contributed by atoms with Crippen LogP contribution in [0.15, 0.2) is 36.7 Å². The van der Waals surface area contributed by atoms with E-state index in [1.165, 1.54) is 5.56 Å². The maximum Gasteiger partial charge on any atom is 0.227 e. The molecular formula is C13H14IN3. The predicted molar refractivity (Wildman–Crippen MR) is 78.6 cm³/mol. The lowest BCUT2D eigenvalue weighted by Crippen LogP contribution is -1.97. The summed E-state index contributed by atoms with van der Waals surface area (Å²) in [6.45, 7) is 4.36. The van der Waals surface area contributed by atoms with E-state index in [1.54, 1.807) is 12.4 Å². The van der Waals surface area contributed by atoms with Gasteiger partial charge in [0.1, 0.15) is 0 Å². The molecule has 0 unspecified atom stereocenters. The van der Waals surface area contributed by atoms with Gasteiger partial charge in [-0.2, -0.15) is 0 Å². The number of rotatable bonds is 3. The maximum absolute atomic E-state index is 4.22. The van der Waals surface area contributed by atoms with Crippen molar-refractivity contribution in [3.8, 4) is 0 Å². The molecule has 0 amide bonds. The zero-order chi connectivity index (χ0) is 12.3. The minimum Gasteiger partial charge on any atom is -0.324 e. The van der Waals surface area contributed by atoms with Crippen LogP contribution in [0.3, 0.4) is 0 Å². The molecule has 1 N–H and O–H groups in total. The van der Waals surface area contributed by atoms with E-state index in [-0.39, 0.29) is 0 Å². The zero-order valence-corrected chi connectivity index (χ0v) is 12.0. The Balaban J connectivity index is 2.18.